The van der Waals surface area contributed by atoms with E-state index in [2.05, 4.69) is 10.3 Å². The van der Waals surface area contributed by atoms with Crippen molar-refractivity contribution in [3.05, 3.63) is 11.1 Å². The molecule has 0 aliphatic heterocycles. The highest BCUT2D eigenvalue weighted by molar-refractivity contribution is 7.17. The highest BCUT2D eigenvalue weighted by atomic mass is 32.1. The van der Waals surface area contributed by atoms with Gasteiger partial charge in [0.2, 0.25) is 5.91 Å². The smallest absolute Gasteiger partial charge is 0.260 e. The summed E-state index contributed by atoms with van der Waals surface area (Å²) in [5, 5.41) is 3.04. The zero-order chi connectivity index (χ0) is 12.3. The van der Waals surface area contributed by atoms with Crippen molar-refractivity contribution >= 4 is 28.3 Å². The third-order valence-electron chi connectivity index (χ3n) is 1.69. The van der Waals surface area contributed by atoms with Crippen LogP contribution in [0.25, 0.3) is 0 Å². The molecule has 0 saturated carbocycles. The van der Waals surface area contributed by atoms with E-state index < -0.39 is 5.91 Å². The zero-order valence-corrected chi connectivity index (χ0v) is 10.4. The van der Waals surface area contributed by atoms with E-state index in [1.807, 2.05) is 20.8 Å². The van der Waals surface area contributed by atoms with Crippen LogP contribution in [0.1, 0.15) is 36.9 Å². The molecule has 6 heteroatoms. The van der Waals surface area contributed by atoms with Gasteiger partial charge in [0, 0.05) is 6.42 Å². The fraction of sp³-hybridized carbons (Fsp3) is 0.500. The number of amides is 2. The number of carbonyl (C=O) groups excluding carboxylic acids is 2. The molecule has 0 saturated heterocycles. The summed E-state index contributed by atoms with van der Waals surface area (Å²) in [7, 11) is 0. The van der Waals surface area contributed by atoms with Crippen LogP contribution in [-0.2, 0) is 4.79 Å². The van der Waals surface area contributed by atoms with Crippen LogP contribution < -0.4 is 11.1 Å². The van der Waals surface area contributed by atoms with Crippen LogP contribution >= 0.6 is 11.3 Å². The van der Waals surface area contributed by atoms with Crippen molar-refractivity contribution in [3.63, 3.8) is 0 Å². The highest BCUT2D eigenvalue weighted by Crippen LogP contribution is 2.21. The standard InChI is InChI=1S/C10H15N3O2S/c1-10(2,3)4-7(14)13-9-12-5-6(16-9)8(11)15/h5H,4H2,1-3H3,(H2,11,15)(H,12,13,14). The summed E-state index contributed by atoms with van der Waals surface area (Å²) in [5.41, 5.74) is 5.00. The lowest BCUT2D eigenvalue weighted by molar-refractivity contribution is -0.117. The summed E-state index contributed by atoms with van der Waals surface area (Å²) in [5.74, 6) is -0.647. The third-order valence-corrected chi connectivity index (χ3v) is 2.61. The fourth-order valence-corrected chi connectivity index (χ4v) is 1.78. The van der Waals surface area contributed by atoms with Crippen molar-refractivity contribution in [3.8, 4) is 0 Å². The van der Waals surface area contributed by atoms with E-state index in [0.717, 1.165) is 11.3 Å². The van der Waals surface area contributed by atoms with Gasteiger partial charge < -0.3 is 11.1 Å². The lowest BCUT2D eigenvalue weighted by atomic mass is 9.92. The van der Waals surface area contributed by atoms with Gasteiger partial charge in [-0.1, -0.05) is 32.1 Å². The van der Waals surface area contributed by atoms with E-state index in [-0.39, 0.29) is 11.3 Å². The molecule has 0 aromatic carbocycles. The molecule has 1 aromatic rings. The van der Waals surface area contributed by atoms with Crippen LogP contribution in [0.5, 0.6) is 0 Å². The summed E-state index contributed by atoms with van der Waals surface area (Å²) in [6.07, 6.45) is 1.76. The molecule has 1 rings (SSSR count). The molecule has 0 bridgehead atoms. The van der Waals surface area contributed by atoms with Crippen molar-refractivity contribution in [2.75, 3.05) is 5.32 Å². The predicted molar refractivity (Wildman–Crippen MR) is 63.3 cm³/mol. The summed E-state index contributed by atoms with van der Waals surface area (Å²) >= 11 is 1.08. The molecular weight excluding hydrogens is 226 g/mol. The molecule has 88 valence electrons. The second kappa shape index (κ2) is 4.61. The summed E-state index contributed by atoms with van der Waals surface area (Å²) in [6, 6.07) is 0. The van der Waals surface area contributed by atoms with Gasteiger partial charge in [-0.25, -0.2) is 4.98 Å². The molecule has 0 fully saturated rings. The Morgan fingerprint density at radius 1 is 1.50 bits per heavy atom. The van der Waals surface area contributed by atoms with Crippen LogP contribution in [0, 0.1) is 5.41 Å². The molecule has 0 aliphatic rings. The lowest BCUT2D eigenvalue weighted by Crippen LogP contribution is -2.19. The molecule has 0 aliphatic carbocycles. The first-order chi connectivity index (χ1) is 7.28. The topological polar surface area (TPSA) is 85.1 Å². The molecule has 16 heavy (non-hydrogen) atoms. The molecular formula is C10H15N3O2S. The number of carbonyl (C=O) groups is 2. The van der Waals surface area contributed by atoms with E-state index in [0.29, 0.717) is 16.4 Å². The first kappa shape index (κ1) is 12.6. The van der Waals surface area contributed by atoms with Crippen LogP contribution in [0.4, 0.5) is 5.13 Å². The Hall–Kier alpha value is -1.43. The lowest BCUT2D eigenvalue weighted by Gasteiger charge is -2.16. The molecule has 0 unspecified atom stereocenters. The van der Waals surface area contributed by atoms with Gasteiger partial charge in [-0.15, -0.1) is 0 Å². The number of rotatable bonds is 3. The fourth-order valence-electron chi connectivity index (χ4n) is 1.09. The van der Waals surface area contributed by atoms with Crippen LogP contribution in [0.2, 0.25) is 0 Å². The van der Waals surface area contributed by atoms with E-state index in [9.17, 15) is 9.59 Å². The number of anilines is 1. The van der Waals surface area contributed by atoms with Crippen molar-refractivity contribution < 1.29 is 9.59 Å². The Balaban J connectivity index is 2.60. The zero-order valence-electron chi connectivity index (χ0n) is 9.53. The van der Waals surface area contributed by atoms with Crippen LogP contribution in [-0.4, -0.2) is 16.8 Å². The van der Waals surface area contributed by atoms with E-state index in [1.54, 1.807) is 0 Å². The van der Waals surface area contributed by atoms with Gasteiger partial charge in [0.25, 0.3) is 5.91 Å². The Labute approximate surface area is 98.1 Å². The second-order valence-corrected chi connectivity index (χ2v) is 5.71. The van der Waals surface area contributed by atoms with Gasteiger partial charge in [0.1, 0.15) is 4.88 Å². The van der Waals surface area contributed by atoms with Gasteiger partial charge in [-0.2, -0.15) is 0 Å². The molecule has 1 aromatic heterocycles. The van der Waals surface area contributed by atoms with E-state index >= 15 is 0 Å². The number of hydrogen-bond acceptors (Lipinski definition) is 4. The molecule has 0 spiro atoms. The number of nitrogens with zero attached hydrogens (tertiary/aromatic N) is 1. The highest BCUT2D eigenvalue weighted by Gasteiger charge is 2.17. The largest absolute Gasteiger partial charge is 0.365 e. The number of hydrogen-bond donors (Lipinski definition) is 2. The number of primary amides is 1. The maximum Gasteiger partial charge on any atom is 0.260 e. The quantitative estimate of drug-likeness (QED) is 0.843. The normalized spacial score (nSPS) is 11.2. The van der Waals surface area contributed by atoms with Gasteiger partial charge in [-0.05, 0) is 5.41 Å². The first-order valence-corrected chi connectivity index (χ1v) is 5.65. The first-order valence-electron chi connectivity index (χ1n) is 4.83. The Bertz CT molecular complexity index is 406. The average Bonchev–Trinajstić information content (AvgIpc) is 2.48. The molecule has 3 N–H and O–H groups in total. The van der Waals surface area contributed by atoms with Gasteiger partial charge in [0.15, 0.2) is 5.13 Å². The third kappa shape index (κ3) is 3.98. The SMILES string of the molecule is CC(C)(C)CC(=O)Nc1ncc(C(N)=O)s1. The Morgan fingerprint density at radius 2 is 2.12 bits per heavy atom. The summed E-state index contributed by atoms with van der Waals surface area (Å²) < 4.78 is 0. The number of nitrogens with one attached hydrogen (secondary N) is 1. The predicted octanol–water partition coefficient (Wildman–Crippen LogP) is 1.62. The molecule has 2 amide bonds. The minimum absolute atomic E-state index is 0.0755. The maximum atomic E-state index is 11.5. The van der Waals surface area contributed by atoms with E-state index in [1.165, 1.54) is 6.20 Å². The maximum absolute atomic E-state index is 11.5. The molecule has 0 radical (unpaired) electrons. The van der Waals surface area contributed by atoms with Crippen molar-refractivity contribution in [1.82, 2.24) is 4.98 Å². The van der Waals surface area contributed by atoms with Gasteiger partial charge >= 0.3 is 0 Å². The Morgan fingerprint density at radius 3 is 2.56 bits per heavy atom. The van der Waals surface area contributed by atoms with Crippen LogP contribution in [0.3, 0.4) is 0 Å². The van der Waals surface area contributed by atoms with Crippen LogP contribution in [0.15, 0.2) is 6.20 Å². The number of nitrogens with two attached hydrogens (primary N) is 1. The Kier molecular flexibility index (Phi) is 3.64. The van der Waals surface area contributed by atoms with Crippen molar-refractivity contribution in [2.24, 2.45) is 11.1 Å². The number of thiazole rings is 1. The summed E-state index contributed by atoms with van der Waals surface area (Å²) in [6.45, 7) is 5.93. The number of aromatic nitrogens is 1. The van der Waals surface area contributed by atoms with Crippen molar-refractivity contribution in [1.29, 1.82) is 0 Å². The van der Waals surface area contributed by atoms with Gasteiger partial charge in [0.05, 0.1) is 6.20 Å². The average molecular weight is 241 g/mol. The summed E-state index contributed by atoms with van der Waals surface area (Å²) in [4.78, 5) is 26.6. The monoisotopic (exact) mass is 241 g/mol. The molecule has 0 atom stereocenters. The van der Waals surface area contributed by atoms with E-state index in [4.69, 9.17) is 5.73 Å². The second-order valence-electron chi connectivity index (χ2n) is 4.68. The molecule has 5 nitrogen and oxygen atoms in total. The van der Waals surface area contributed by atoms with Gasteiger partial charge in [-0.3, -0.25) is 9.59 Å². The molecule has 1 heterocycles. The minimum atomic E-state index is -0.533. The minimum Gasteiger partial charge on any atom is -0.365 e. The van der Waals surface area contributed by atoms with Crippen molar-refractivity contribution in [2.45, 2.75) is 27.2 Å².